The highest BCUT2D eigenvalue weighted by molar-refractivity contribution is 6.30. The van der Waals surface area contributed by atoms with Gasteiger partial charge in [-0.05, 0) is 35.4 Å². The zero-order valence-corrected chi connectivity index (χ0v) is 12.4. The van der Waals surface area contributed by atoms with Crippen LogP contribution in [0.4, 0.5) is 0 Å². The number of halogens is 1. The summed E-state index contributed by atoms with van der Waals surface area (Å²) < 4.78 is 0. The van der Waals surface area contributed by atoms with E-state index < -0.39 is 5.91 Å². The quantitative estimate of drug-likeness (QED) is 0.789. The molecule has 0 spiro atoms. The smallest absolute Gasteiger partial charge is 0.249 e. The first-order chi connectivity index (χ1) is 10.7. The van der Waals surface area contributed by atoms with Crippen molar-refractivity contribution >= 4 is 17.5 Å². The van der Waals surface area contributed by atoms with Gasteiger partial charge in [0.15, 0.2) is 0 Å². The number of primary amides is 1. The zero-order valence-electron chi connectivity index (χ0n) is 11.7. The topological polar surface area (TPSA) is 56.0 Å². The Bertz CT molecular complexity index is 832. The zero-order chi connectivity index (χ0) is 15.5. The van der Waals surface area contributed by atoms with Gasteiger partial charge in [-0.3, -0.25) is 9.78 Å². The summed E-state index contributed by atoms with van der Waals surface area (Å²) in [6.07, 6.45) is 3.41. The van der Waals surface area contributed by atoms with Crippen molar-refractivity contribution in [3.8, 4) is 22.3 Å². The van der Waals surface area contributed by atoms with Gasteiger partial charge in [0.2, 0.25) is 5.91 Å². The maximum atomic E-state index is 11.8. The number of nitrogens with two attached hydrogens (primary N) is 1. The molecule has 0 saturated heterocycles. The van der Waals surface area contributed by atoms with E-state index in [1.165, 1.54) is 0 Å². The molecule has 22 heavy (non-hydrogen) atoms. The van der Waals surface area contributed by atoms with Gasteiger partial charge in [0.25, 0.3) is 0 Å². The molecule has 1 amide bonds. The summed E-state index contributed by atoms with van der Waals surface area (Å²) >= 11 is 6.09. The minimum Gasteiger partial charge on any atom is -0.366 e. The van der Waals surface area contributed by atoms with Crippen LogP contribution in [0.15, 0.2) is 67.0 Å². The second-order valence-electron chi connectivity index (χ2n) is 4.84. The van der Waals surface area contributed by atoms with Gasteiger partial charge in [0.05, 0.1) is 0 Å². The summed E-state index contributed by atoms with van der Waals surface area (Å²) in [7, 11) is 0. The van der Waals surface area contributed by atoms with E-state index in [1.807, 2.05) is 48.5 Å². The number of aromatic nitrogens is 1. The van der Waals surface area contributed by atoms with Crippen molar-refractivity contribution in [1.82, 2.24) is 4.98 Å². The summed E-state index contributed by atoms with van der Waals surface area (Å²) in [5, 5.41) is 0.638. The van der Waals surface area contributed by atoms with Crippen LogP contribution in [0.5, 0.6) is 0 Å². The number of hydrogen-bond acceptors (Lipinski definition) is 2. The first kappa shape index (κ1) is 14.3. The molecule has 1 aromatic heterocycles. The highest BCUT2D eigenvalue weighted by Gasteiger charge is 2.15. The molecule has 3 aromatic rings. The number of amides is 1. The Morgan fingerprint density at radius 1 is 1.00 bits per heavy atom. The first-order valence-corrected chi connectivity index (χ1v) is 7.14. The standard InChI is InChI=1S/C18H13ClN2O/c19-14-6-1-4-12(10-14)15-7-2-8-16(18(20)22)17(15)13-5-3-9-21-11-13/h1-11H,(H2,20,22). The molecular weight excluding hydrogens is 296 g/mol. The molecule has 1 heterocycles. The fraction of sp³-hybridized carbons (Fsp3) is 0. The molecule has 0 saturated carbocycles. The van der Waals surface area contributed by atoms with Crippen LogP contribution < -0.4 is 5.73 Å². The molecule has 4 heteroatoms. The van der Waals surface area contributed by atoms with Crippen LogP contribution in [0, 0.1) is 0 Å². The van der Waals surface area contributed by atoms with E-state index in [0.29, 0.717) is 10.6 Å². The van der Waals surface area contributed by atoms with E-state index in [0.717, 1.165) is 22.3 Å². The molecule has 3 nitrogen and oxygen atoms in total. The van der Waals surface area contributed by atoms with Crippen molar-refractivity contribution in [1.29, 1.82) is 0 Å². The van der Waals surface area contributed by atoms with E-state index in [9.17, 15) is 4.79 Å². The lowest BCUT2D eigenvalue weighted by atomic mass is 9.91. The van der Waals surface area contributed by atoms with E-state index >= 15 is 0 Å². The largest absolute Gasteiger partial charge is 0.366 e. The number of nitrogens with zero attached hydrogens (tertiary/aromatic N) is 1. The van der Waals surface area contributed by atoms with Crippen LogP contribution in [0.25, 0.3) is 22.3 Å². The van der Waals surface area contributed by atoms with Crippen molar-refractivity contribution in [2.24, 2.45) is 5.73 Å². The van der Waals surface area contributed by atoms with Crippen molar-refractivity contribution < 1.29 is 4.79 Å². The lowest BCUT2D eigenvalue weighted by Gasteiger charge is -2.13. The minimum absolute atomic E-state index is 0.463. The molecule has 0 atom stereocenters. The van der Waals surface area contributed by atoms with E-state index in [2.05, 4.69) is 4.98 Å². The second-order valence-corrected chi connectivity index (χ2v) is 5.28. The molecule has 0 radical (unpaired) electrons. The average molecular weight is 309 g/mol. The predicted molar refractivity (Wildman–Crippen MR) is 88.6 cm³/mol. The SMILES string of the molecule is NC(=O)c1cccc(-c2cccc(Cl)c2)c1-c1cccnc1. The number of hydrogen-bond donors (Lipinski definition) is 1. The molecule has 0 bridgehead atoms. The van der Waals surface area contributed by atoms with Gasteiger partial charge in [0, 0.05) is 34.1 Å². The number of pyridine rings is 1. The van der Waals surface area contributed by atoms with Gasteiger partial charge < -0.3 is 5.73 Å². The second kappa shape index (κ2) is 6.00. The normalized spacial score (nSPS) is 10.4. The van der Waals surface area contributed by atoms with Crippen LogP contribution in [0.2, 0.25) is 5.02 Å². The molecule has 108 valence electrons. The van der Waals surface area contributed by atoms with Crippen LogP contribution in [-0.4, -0.2) is 10.9 Å². The van der Waals surface area contributed by atoms with Gasteiger partial charge >= 0.3 is 0 Å². The molecule has 0 aliphatic carbocycles. The first-order valence-electron chi connectivity index (χ1n) is 6.76. The summed E-state index contributed by atoms with van der Waals surface area (Å²) in [6, 6.07) is 16.7. The Morgan fingerprint density at radius 2 is 1.77 bits per heavy atom. The van der Waals surface area contributed by atoms with Crippen LogP contribution >= 0.6 is 11.6 Å². The summed E-state index contributed by atoms with van der Waals surface area (Å²) in [6.45, 7) is 0. The summed E-state index contributed by atoms with van der Waals surface area (Å²) in [5.41, 5.74) is 9.44. The molecule has 0 unspecified atom stereocenters. The fourth-order valence-corrected chi connectivity index (χ4v) is 2.67. The number of rotatable bonds is 3. The van der Waals surface area contributed by atoms with E-state index in [1.54, 1.807) is 18.5 Å². The Kier molecular flexibility index (Phi) is 3.90. The lowest BCUT2D eigenvalue weighted by molar-refractivity contribution is 0.100. The van der Waals surface area contributed by atoms with Crippen molar-refractivity contribution in [3.63, 3.8) is 0 Å². The third kappa shape index (κ3) is 2.71. The van der Waals surface area contributed by atoms with Gasteiger partial charge in [-0.2, -0.15) is 0 Å². The maximum Gasteiger partial charge on any atom is 0.249 e. The highest BCUT2D eigenvalue weighted by Crippen LogP contribution is 2.35. The fourth-order valence-electron chi connectivity index (χ4n) is 2.48. The number of carbonyl (C=O) groups is 1. The Labute approximate surface area is 133 Å². The molecule has 3 rings (SSSR count). The monoisotopic (exact) mass is 308 g/mol. The summed E-state index contributed by atoms with van der Waals surface area (Å²) in [5.74, 6) is -0.470. The third-order valence-electron chi connectivity index (χ3n) is 3.42. The lowest BCUT2D eigenvalue weighted by Crippen LogP contribution is -2.13. The molecule has 0 fully saturated rings. The van der Waals surface area contributed by atoms with E-state index in [-0.39, 0.29) is 0 Å². The van der Waals surface area contributed by atoms with Crippen LogP contribution in [-0.2, 0) is 0 Å². The van der Waals surface area contributed by atoms with Gasteiger partial charge in [0.1, 0.15) is 0 Å². The van der Waals surface area contributed by atoms with Crippen LogP contribution in [0.1, 0.15) is 10.4 Å². The number of carbonyl (C=O) groups excluding carboxylic acids is 1. The number of benzene rings is 2. The Morgan fingerprint density at radius 3 is 2.45 bits per heavy atom. The van der Waals surface area contributed by atoms with Crippen molar-refractivity contribution in [2.75, 3.05) is 0 Å². The maximum absolute atomic E-state index is 11.8. The molecule has 0 aliphatic rings. The van der Waals surface area contributed by atoms with Gasteiger partial charge in [-0.15, -0.1) is 0 Å². The Hall–Kier alpha value is -2.65. The highest BCUT2D eigenvalue weighted by atomic mass is 35.5. The van der Waals surface area contributed by atoms with Crippen molar-refractivity contribution in [3.05, 3.63) is 77.6 Å². The third-order valence-corrected chi connectivity index (χ3v) is 3.65. The summed E-state index contributed by atoms with van der Waals surface area (Å²) in [4.78, 5) is 16.0. The average Bonchev–Trinajstić information content (AvgIpc) is 2.55. The van der Waals surface area contributed by atoms with Crippen molar-refractivity contribution in [2.45, 2.75) is 0 Å². The molecule has 2 N–H and O–H groups in total. The van der Waals surface area contributed by atoms with Gasteiger partial charge in [-0.1, -0.05) is 41.9 Å². The Balaban J connectivity index is 2.31. The predicted octanol–water partition coefficient (Wildman–Crippen LogP) is 4.17. The molecular formula is C18H13ClN2O. The van der Waals surface area contributed by atoms with Gasteiger partial charge in [-0.25, -0.2) is 0 Å². The minimum atomic E-state index is -0.470. The van der Waals surface area contributed by atoms with Crippen LogP contribution in [0.3, 0.4) is 0 Å². The molecule has 0 aliphatic heterocycles. The molecule has 2 aromatic carbocycles. The van der Waals surface area contributed by atoms with E-state index in [4.69, 9.17) is 17.3 Å².